The molecule has 100 valence electrons. The summed E-state index contributed by atoms with van der Waals surface area (Å²) >= 11 is 0. The predicted molar refractivity (Wildman–Crippen MR) is 67.9 cm³/mol. The summed E-state index contributed by atoms with van der Waals surface area (Å²) in [5.41, 5.74) is 0.939. The molecule has 0 heterocycles. The third-order valence-electron chi connectivity index (χ3n) is 2.72. The number of rotatable bonds is 4. The molecule has 0 saturated heterocycles. The fourth-order valence-corrected chi connectivity index (χ4v) is 1.75. The standard InChI is InChI=1S/C14H13F2NO2/c15-10-2-1-3-11(7-10)17-13(8-18)9-4-5-14(19)12(16)6-9/h1-7,13,17-19H,8H2. The van der Waals surface area contributed by atoms with E-state index in [4.69, 9.17) is 5.11 Å². The quantitative estimate of drug-likeness (QED) is 0.796. The Morgan fingerprint density at radius 2 is 1.89 bits per heavy atom. The van der Waals surface area contributed by atoms with Gasteiger partial charge in [-0.05, 0) is 35.9 Å². The average molecular weight is 265 g/mol. The molecule has 19 heavy (non-hydrogen) atoms. The van der Waals surface area contributed by atoms with E-state index in [0.717, 1.165) is 6.07 Å². The van der Waals surface area contributed by atoms with Crippen LogP contribution in [0.2, 0.25) is 0 Å². The number of benzene rings is 2. The summed E-state index contributed by atoms with van der Waals surface area (Å²) in [6.45, 7) is -0.291. The zero-order valence-corrected chi connectivity index (χ0v) is 9.98. The van der Waals surface area contributed by atoms with E-state index < -0.39 is 23.4 Å². The Kier molecular flexibility index (Phi) is 3.97. The highest BCUT2D eigenvalue weighted by Gasteiger charge is 2.12. The molecule has 3 nitrogen and oxygen atoms in total. The van der Waals surface area contributed by atoms with Crippen LogP contribution in [-0.4, -0.2) is 16.8 Å². The Labute approximate surface area is 109 Å². The lowest BCUT2D eigenvalue weighted by Gasteiger charge is -2.18. The zero-order chi connectivity index (χ0) is 13.8. The molecule has 3 N–H and O–H groups in total. The van der Waals surface area contributed by atoms with Crippen LogP contribution in [0, 0.1) is 11.6 Å². The monoisotopic (exact) mass is 265 g/mol. The summed E-state index contributed by atoms with van der Waals surface area (Å²) in [4.78, 5) is 0. The van der Waals surface area contributed by atoms with Crippen molar-refractivity contribution in [1.82, 2.24) is 0 Å². The van der Waals surface area contributed by atoms with E-state index in [1.54, 1.807) is 6.07 Å². The van der Waals surface area contributed by atoms with Gasteiger partial charge in [0.1, 0.15) is 5.82 Å². The number of anilines is 1. The molecular weight excluding hydrogens is 252 g/mol. The van der Waals surface area contributed by atoms with Crippen molar-refractivity contribution in [2.45, 2.75) is 6.04 Å². The molecule has 0 amide bonds. The summed E-state index contributed by atoms with van der Waals surface area (Å²) in [7, 11) is 0. The Bertz CT molecular complexity index is 575. The van der Waals surface area contributed by atoms with E-state index in [9.17, 15) is 13.9 Å². The van der Waals surface area contributed by atoms with E-state index in [1.807, 2.05) is 0 Å². The number of nitrogens with one attached hydrogen (secondary N) is 1. The van der Waals surface area contributed by atoms with Gasteiger partial charge in [-0.2, -0.15) is 0 Å². The molecule has 0 aromatic heterocycles. The van der Waals surface area contributed by atoms with Gasteiger partial charge in [0.05, 0.1) is 12.6 Å². The SMILES string of the molecule is OCC(Nc1cccc(F)c1)c1ccc(O)c(F)c1. The highest BCUT2D eigenvalue weighted by molar-refractivity contribution is 5.46. The third-order valence-corrected chi connectivity index (χ3v) is 2.72. The van der Waals surface area contributed by atoms with Crippen molar-refractivity contribution in [2.75, 3.05) is 11.9 Å². The van der Waals surface area contributed by atoms with E-state index in [2.05, 4.69) is 5.32 Å². The Hall–Kier alpha value is -2.14. The summed E-state index contributed by atoms with van der Waals surface area (Å²) < 4.78 is 26.3. The lowest BCUT2D eigenvalue weighted by atomic mass is 10.1. The second-order valence-corrected chi connectivity index (χ2v) is 4.10. The van der Waals surface area contributed by atoms with E-state index in [-0.39, 0.29) is 6.61 Å². The first-order valence-electron chi connectivity index (χ1n) is 5.71. The maximum atomic E-state index is 13.3. The second kappa shape index (κ2) is 5.67. The van der Waals surface area contributed by atoms with Crippen LogP contribution < -0.4 is 5.32 Å². The van der Waals surface area contributed by atoms with Crippen LogP contribution in [0.5, 0.6) is 5.75 Å². The van der Waals surface area contributed by atoms with Gasteiger partial charge in [-0.1, -0.05) is 12.1 Å². The fraction of sp³-hybridized carbons (Fsp3) is 0.143. The van der Waals surface area contributed by atoms with Gasteiger partial charge in [0, 0.05) is 5.69 Å². The van der Waals surface area contributed by atoms with E-state index >= 15 is 0 Å². The summed E-state index contributed by atoms with van der Waals surface area (Å²) in [6.07, 6.45) is 0. The smallest absolute Gasteiger partial charge is 0.165 e. The molecule has 0 fully saturated rings. The van der Waals surface area contributed by atoms with Gasteiger partial charge in [-0.15, -0.1) is 0 Å². The maximum Gasteiger partial charge on any atom is 0.165 e. The lowest BCUT2D eigenvalue weighted by Crippen LogP contribution is -2.15. The van der Waals surface area contributed by atoms with Crippen LogP contribution in [-0.2, 0) is 0 Å². The van der Waals surface area contributed by atoms with Gasteiger partial charge in [0.15, 0.2) is 11.6 Å². The number of hydrogen-bond acceptors (Lipinski definition) is 3. The van der Waals surface area contributed by atoms with Crippen LogP contribution in [0.3, 0.4) is 0 Å². The first kappa shape index (κ1) is 13.3. The maximum absolute atomic E-state index is 13.3. The van der Waals surface area contributed by atoms with Crippen molar-refractivity contribution < 1.29 is 19.0 Å². The molecule has 2 aromatic rings. The summed E-state index contributed by atoms with van der Waals surface area (Å²) in [5, 5.41) is 21.3. The Balaban J connectivity index is 2.22. The van der Waals surface area contributed by atoms with Crippen molar-refractivity contribution in [3.8, 4) is 5.75 Å². The van der Waals surface area contributed by atoms with Crippen LogP contribution in [0.15, 0.2) is 42.5 Å². The first-order valence-corrected chi connectivity index (χ1v) is 5.71. The highest BCUT2D eigenvalue weighted by atomic mass is 19.1. The summed E-state index contributed by atoms with van der Waals surface area (Å²) in [6, 6.07) is 9.00. The molecule has 0 spiro atoms. The Morgan fingerprint density at radius 1 is 1.11 bits per heavy atom. The van der Waals surface area contributed by atoms with Gasteiger partial charge in [-0.3, -0.25) is 0 Å². The number of aliphatic hydroxyl groups is 1. The molecule has 0 radical (unpaired) electrons. The average Bonchev–Trinajstić information content (AvgIpc) is 2.39. The molecule has 0 aliphatic rings. The molecule has 0 bridgehead atoms. The van der Waals surface area contributed by atoms with Gasteiger partial charge in [0.25, 0.3) is 0 Å². The number of phenolic OH excluding ortho intramolecular Hbond substituents is 1. The molecule has 2 aromatic carbocycles. The van der Waals surface area contributed by atoms with Crippen LogP contribution >= 0.6 is 0 Å². The largest absolute Gasteiger partial charge is 0.505 e. The van der Waals surface area contributed by atoms with Crippen molar-refractivity contribution in [2.24, 2.45) is 0 Å². The summed E-state index contributed by atoms with van der Waals surface area (Å²) in [5.74, 6) is -1.62. The van der Waals surface area contributed by atoms with Gasteiger partial charge >= 0.3 is 0 Å². The van der Waals surface area contributed by atoms with Crippen molar-refractivity contribution in [3.63, 3.8) is 0 Å². The van der Waals surface area contributed by atoms with Crippen LogP contribution in [0.25, 0.3) is 0 Å². The minimum atomic E-state index is -0.767. The van der Waals surface area contributed by atoms with Crippen molar-refractivity contribution in [3.05, 3.63) is 59.7 Å². The topological polar surface area (TPSA) is 52.5 Å². The normalized spacial score (nSPS) is 12.2. The van der Waals surface area contributed by atoms with E-state index in [0.29, 0.717) is 11.3 Å². The number of phenols is 1. The molecule has 0 aliphatic heterocycles. The zero-order valence-electron chi connectivity index (χ0n) is 9.98. The van der Waals surface area contributed by atoms with Crippen LogP contribution in [0.4, 0.5) is 14.5 Å². The van der Waals surface area contributed by atoms with E-state index in [1.165, 1.54) is 30.3 Å². The van der Waals surface area contributed by atoms with Crippen LogP contribution in [0.1, 0.15) is 11.6 Å². The number of aliphatic hydroxyl groups excluding tert-OH is 1. The number of hydrogen-bond donors (Lipinski definition) is 3. The fourth-order valence-electron chi connectivity index (χ4n) is 1.75. The number of aromatic hydroxyl groups is 1. The minimum Gasteiger partial charge on any atom is -0.505 e. The molecule has 1 atom stereocenters. The molecule has 0 saturated carbocycles. The van der Waals surface area contributed by atoms with Gasteiger partial charge in [-0.25, -0.2) is 8.78 Å². The van der Waals surface area contributed by atoms with Gasteiger partial charge < -0.3 is 15.5 Å². The second-order valence-electron chi connectivity index (χ2n) is 4.10. The number of halogens is 2. The molecule has 5 heteroatoms. The lowest BCUT2D eigenvalue weighted by molar-refractivity contribution is 0.276. The minimum absolute atomic E-state index is 0.291. The van der Waals surface area contributed by atoms with Gasteiger partial charge in [0.2, 0.25) is 0 Å². The molecule has 2 rings (SSSR count). The third kappa shape index (κ3) is 3.20. The molecular formula is C14H13F2NO2. The molecule has 0 aliphatic carbocycles. The highest BCUT2D eigenvalue weighted by Crippen LogP contribution is 2.24. The Morgan fingerprint density at radius 3 is 2.53 bits per heavy atom. The van der Waals surface area contributed by atoms with Crippen molar-refractivity contribution in [1.29, 1.82) is 0 Å². The molecule has 1 unspecified atom stereocenters. The predicted octanol–water partition coefficient (Wildman–Crippen LogP) is 2.82. The first-order chi connectivity index (χ1) is 9.10. The van der Waals surface area contributed by atoms with Crippen molar-refractivity contribution >= 4 is 5.69 Å².